The Hall–Kier alpha value is -2.18. The average molecular weight is 416 g/mol. The van der Waals surface area contributed by atoms with Gasteiger partial charge in [-0.3, -0.25) is 4.79 Å². The van der Waals surface area contributed by atoms with E-state index in [2.05, 4.69) is 44.0 Å². The third kappa shape index (κ3) is 4.71. The van der Waals surface area contributed by atoms with Gasteiger partial charge in [0.2, 0.25) is 5.91 Å². The van der Waals surface area contributed by atoms with Crippen molar-refractivity contribution in [3.05, 3.63) is 64.4 Å². The summed E-state index contributed by atoms with van der Waals surface area (Å²) in [7, 11) is 0. The van der Waals surface area contributed by atoms with Gasteiger partial charge < -0.3 is 15.0 Å². The van der Waals surface area contributed by atoms with E-state index >= 15 is 0 Å². The second-order valence-corrected chi connectivity index (χ2v) is 7.07. The van der Waals surface area contributed by atoms with E-state index in [1.54, 1.807) is 0 Å². The number of para-hydroxylation sites is 2. The Kier molecular flexibility index (Phi) is 6.41. The second-order valence-electron chi connectivity index (χ2n) is 6.16. The Balaban J connectivity index is 1.76. The third-order valence-electron chi connectivity index (χ3n) is 4.22. The Bertz CT molecular complexity index is 874. The summed E-state index contributed by atoms with van der Waals surface area (Å²) < 4.78 is 3.26. The summed E-state index contributed by atoms with van der Waals surface area (Å²) in [5, 5.41) is 11.7. The number of aliphatic hydroxyl groups excluding tert-OH is 1. The fourth-order valence-corrected chi connectivity index (χ4v) is 3.17. The van der Waals surface area contributed by atoms with Crippen molar-refractivity contribution in [3.8, 4) is 0 Å². The summed E-state index contributed by atoms with van der Waals surface area (Å²) in [6, 6.07) is 16.4. The smallest absolute Gasteiger partial charge is 0.220 e. The maximum absolute atomic E-state index is 11.7. The van der Waals surface area contributed by atoms with Gasteiger partial charge in [0, 0.05) is 37.0 Å². The molecule has 0 saturated heterocycles. The number of halogens is 1. The van der Waals surface area contributed by atoms with Gasteiger partial charge in [-0.2, -0.15) is 0 Å². The van der Waals surface area contributed by atoms with E-state index in [1.807, 2.05) is 30.3 Å². The molecule has 0 aliphatic heterocycles. The fourth-order valence-electron chi connectivity index (χ4n) is 2.91. The predicted molar refractivity (Wildman–Crippen MR) is 106 cm³/mol. The molecular weight excluding hydrogens is 394 g/mol. The third-order valence-corrected chi connectivity index (χ3v) is 4.75. The zero-order valence-corrected chi connectivity index (χ0v) is 16.1. The largest absolute Gasteiger partial charge is 0.396 e. The molecule has 0 unspecified atom stereocenters. The highest BCUT2D eigenvalue weighted by atomic mass is 79.9. The number of imidazole rings is 1. The molecule has 2 N–H and O–H groups in total. The number of nitrogens with one attached hydrogen (secondary N) is 1. The lowest BCUT2D eigenvalue weighted by Gasteiger charge is -2.10. The van der Waals surface area contributed by atoms with Crippen LogP contribution in [0.25, 0.3) is 11.0 Å². The number of benzene rings is 2. The molecule has 5 nitrogen and oxygen atoms in total. The normalized spacial score (nSPS) is 11.0. The van der Waals surface area contributed by atoms with Crippen molar-refractivity contribution in [2.75, 3.05) is 13.2 Å². The van der Waals surface area contributed by atoms with Crippen LogP contribution in [0.2, 0.25) is 0 Å². The number of aromatic nitrogens is 2. The van der Waals surface area contributed by atoms with Gasteiger partial charge in [-0.25, -0.2) is 4.98 Å². The molecule has 0 radical (unpaired) electrons. The van der Waals surface area contributed by atoms with Gasteiger partial charge in [-0.1, -0.05) is 40.2 Å². The summed E-state index contributed by atoms with van der Waals surface area (Å²) in [6.07, 6.45) is 1.51. The van der Waals surface area contributed by atoms with Gasteiger partial charge >= 0.3 is 0 Å². The summed E-state index contributed by atoms with van der Waals surface area (Å²) in [4.78, 5) is 16.5. The van der Waals surface area contributed by atoms with Crippen molar-refractivity contribution in [3.63, 3.8) is 0 Å². The SMILES string of the molecule is O=C(CCCO)NCCc1nc2ccccc2n1Cc1ccc(Br)cc1. The molecule has 1 amide bonds. The quantitative estimate of drug-likeness (QED) is 0.593. The van der Waals surface area contributed by atoms with Crippen molar-refractivity contribution in [1.82, 2.24) is 14.9 Å². The van der Waals surface area contributed by atoms with Crippen LogP contribution in [-0.4, -0.2) is 33.7 Å². The number of hydrogen-bond acceptors (Lipinski definition) is 3. The van der Waals surface area contributed by atoms with Gasteiger partial charge in [0.05, 0.1) is 11.0 Å². The molecule has 3 rings (SSSR count). The van der Waals surface area contributed by atoms with Crippen molar-refractivity contribution >= 4 is 32.9 Å². The first kappa shape index (κ1) is 18.6. The Labute approximate surface area is 161 Å². The maximum atomic E-state index is 11.7. The average Bonchev–Trinajstić information content (AvgIpc) is 2.99. The Morgan fingerprint density at radius 2 is 1.92 bits per heavy atom. The van der Waals surface area contributed by atoms with Crippen molar-refractivity contribution in [1.29, 1.82) is 0 Å². The highest BCUT2D eigenvalue weighted by Gasteiger charge is 2.11. The number of amides is 1. The van der Waals surface area contributed by atoms with Crippen molar-refractivity contribution in [2.45, 2.75) is 25.8 Å². The number of nitrogens with zero attached hydrogens (tertiary/aromatic N) is 2. The highest BCUT2D eigenvalue weighted by molar-refractivity contribution is 9.10. The molecular formula is C20H22BrN3O2. The molecule has 3 aromatic rings. The van der Waals surface area contributed by atoms with Crippen LogP contribution in [0.5, 0.6) is 0 Å². The number of aliphatic hydroxyl groups is 1. The number of carbonyl (C=O) groups excluding carboxylic acids is 1. The van der Waals surface area contributed by atoms with E-state index in [0.717, 1.165) is 27.9 Å². The second kappa shape index (κ2) is 8.96. The topological polar surface area (TPSA) is 67.2 Å². The number of hydrogen-bond donors (Lipinski definition) is 2. The van der Waals surface area contributed by atoms with Crippen LogP contribution < -0.4 is 5.32 Å². The summed E-state index contributed by atoms with van der Waals surface area (Å²) in [6.45, 7) is 1.31. The van der Waals surface area contributed by atoms with E-state index in [4.69, 9.17) is 10.1 Å². The summed E-state index contributed by atoms with van der Waals surface area (Å²) in [5.74, 6) is 0.922. The number of carbonyl (C=O) groups is 1. The molecule has 0 spiro atoms. The van der Waals surface area contributed by atoms with Crippen LogP contribution in [0.1, 0.15) is 24.2 Å². The first-order valence-electron chi connectivity index (χ1n) is 8.73. The van der Waals surface area contributed by atoms with Gasteiger partial charge in [0.25, 0.3) is 0 Å². The van der Waals surface area contributed by atoms with Gasteiger partial charge in [-0.05, 0) is 36.2 Å². The van der Waals surface area contributed by atoms with Gasteiger partial charge in [0.1, 0.15) is 5.82 Å². The number of rotatable bonds is 8. The lowest BCUT2D eigenvalue weighted by atomic mass is 10.2. The molecule has 0 bridgehead atoms. The van der Waals surface area contributed by atoms with E-state index < -0.39 is 0 Å². The van der Waals surface area contributed by atoms with Crippen LogP contribution >= 0.6 is 15.9 Å². The summed E-state index contributed by atoms with van der Waals surface area (Å²) >= 11 is 3.47. The lowest BCUT2D eigenvalue weighted by molar-refractivity contribution is -0.121. The zero-order chi connectivity index (χ0) is 18.4. The van der Waals surface area contributed by atoms with E-state index in [1.165, 1.54) is 5.56 Å². The molecule has 6 heteroatoms. The van der Waals surface area contributed by atoms with Crippen molar-refractivity contribution < 1.29 is 9.90 Å². The highest BCUT2D eigenvalue weighted by Crippen LogP contribution is 2.19. The van der Waals surface area contributed by atoms with Gasteiger partial charge in [0.15, 0.2) is 0 Å². The minimum absolute atomic E-state index is 0.0328. The van der Waals surface area contributed by atoms with Crippen LogP contribution in [0.15, 0.2) is 53.0 Å². The standard InChI is InChI=1S/C20H22BrN3O2/c21-16-9-7-15(8-10-16)14-24-18-5-2-1-4-17(18)23-19(24)11-12-22-20(26)6-3-13-25/h1-2,4-5,7-10,25H,3,6,11-14H2,(H,22,26). The van der Waals surface area contributed by atoms with Crippen LogP contribution in [0.3, 0.4) is 0 Å². The van der Waals surface area contributed by atoms with Crippen LogP contribution in [-0.2, 0) is 17.8 Å². The first-order valence-corrected chi connectivity index (χ1v) is 9.53. The minimum Gasteiger partial charge on any atom is -0.396 e. The Morgan fingerprint density at radius 3 is 2.69 bits per heavy atom. The van der Waals surface area contributed by atoms with Crippen LogP contribution in [0.4, 0.5) is 0 Å². The molecule has 136 valence electrons. The molecule has 0 aliphatic rings. The van der Waals surface area contributed by atoms with E-state index in [9.17, 15) is 4.79 Å². The van der Waals surface area contributed by atoms with E-state index in [0.29, 0.717) is 25.8 Å². The molecule has 0 atom stereocenters. The van der Waals surface area contributed by atoms with Crippen LogP contribution in [0, 0.1) is 0 Å². The summed E-state index contributed by atoms with van der Waals surface area (Å²) in [5.41, 5.74) is 3.26. The first-order chi connectivity index (χ1) is 12.7. The molecule has 1 aromatic heterocycles. The molecule has 0 aliphatic carbocycles. The van der Waals surface area contributed by atoms with Gasteiger partial charge in [-0.15, -0.1) is 0 Å². The molecule has 26 heavy (non-hydrogen) atoms. The molecule has 0 saturated carbocycles. The lowest BCUT2D eigenvalue weighted by Crippen LogP contribution is -2.26. The molecule has 1 heterocycles. The fraction of sp³-hybridized carbons (Fsp3) is 0.300. The Morgan fingerprint density at radius 1 is 1.15 bits per heavy atom. The predicted octanol–water partition coefficient (Wildman–Crippen LogP) is 3.28. The number of fused-ring (bicyclic) bond motifs is 1. The molecule has 0 fully saturated rings. The zero-order valence-electron chi connectivity index (χ0n) is 14.5. The van der Waals surface area contributed by atoms with Crippen molar-refractivity contribution in [2.24, 2.45) is 0 Å². The minimum atomic E-state index is -0.0328. The van der Waals surface area contributed by atoms with E-state index in [-0.39, 0.29) is 12.5 Å². The monoisotopic (exact) mass is 415 g/mol. The molecule has 2 aromatic carbocycles. The maximum Gasteiger partial charge on any atom is 0.220 e.